The Labute approximate surface area is 114 Å². The number of hydrogen-bond donors (Lipinski definition) is 1. The number of benzene rings is 1. The summed E-state index contributed by atoms with van der Waals surface area (Å²) in [6.45, 7) is 11.0. The number of nitrogens with one attached hydrogen (secondary N) is 1. The molecule has 1 rings (SSSR count). The summed E-state index contributed by atoms with van der Waals surface area (Å²) in [5, 5.41) is 0.841. The van der Waals surface area contributed by atoms with Crippen LogP contribution in [-0.4, -0.2) is 4.75 Å². The molecule has 3 heteroatoms. The topological polar surface area (TPSA) is 12.0 Å². The molecule has 0 radical (unpaired) electrons. The van der Waals surface area contributed by atoms with E-state index in [2.05, 4.69) is 45.4 Å². The Hall–Kier alpha value is -0.180. The summed E-state index contributed by atoms with van der Waals surface area (Å²) in [7, 11) is 0. The van der Waals surface area contributed by atoms with Crippen molar-refractivity contribution in [1.82, 2.24) is 4.72 Å². The van der Waals surface area contributed by atoms with Crippen LogP contribution >= 0.6 is 23.5 Å². The Kier molecular flexibility index (Phi) is 5.36. The average Bonchev–Trinajstić information content (AvgIpc) is 2.18. The molecular formula is C14H22ClNS. The monoisotopic (exact) mass is 271 g/mol. The van der Waals surface area contributed by atoms with E-state index in [1.165, 1.54) is 5.56 Å². The molecule has 1 aromatic carbocycles. The highest BCUT2D eigenvalue weighted by molar-refractivity contribution is 7.98. The summed E-state index contributed by atoms with van der Waals surface area (Å²) in [4.78, 5) is 0. The maximum absolute atomic E-state index is 6.26. The molecule has 1 aromatic rings. The van der Waals surface area contributed by atoms with Crippen molar-refractivity contribution in [3.05, 3.63) is 34.9 Å². The molecule has 0 aliphatic rings. The predicted molar refractivity (Wildman–Crippen MR) is 79.5 cm³/mol. The van der Waals surface area contributed by atoms with E-state index >= 15 is 0 Å². The van der Waals surface area contributed by atoms with E-state index in [1.807, 2.05) is 18.2 Å². The minimum absolute atomic E-state index is 0.203. The molecule has 1 nitrogen and oxygen atoms in total. The molecule has 1 atom stereocenters. The third-order valence-corrected chi connectivity index (χ3v) is 3.73. The summed E-state index contributed by atoms with van der Waals surface area (Å²) in [6, 6.07) is 8.35. The summed E-state index contributed by atoms with van der Waals surface area (Å²) in [6.07, 6.45) is 0. The van der Waals surface area contributed by atoms with Crippen LogP contribution in [0, 0.1) is 5.92 Å². The predicted octanol–water partition coefficient (Wildman–Crippen LogP) is 5.07. The molecule has 17 heavy (non-hydrogen) atoms. The molecule has 96 valence electrons. The SMILES string of the molecule is CC(C)C(NSC(C)(C)C)c1ccccc1Cl. The first kappa shape index (κ1) is 14.9. The molecular weight excluding hydrogens is 250 g/mol. The van der Waals surface area contributed by atoms with Crippen LogP contribution in [0.15, 0.2) is 24.3 Å². The van der Waals surface area contributed by atoms with Gasteiger partial charge in [-0.2, -0.15) is 0 Å². The lowest BCUT2D eigenvalue weighted by molar-refractivity contribution is 0.484. The van der Waals surface area contributed by atoms with Crippen LogP contribution in [0.1, 0.15) is 46.2 Å². The summed E-state index contributed by atoms with van der Waals surface area (Å²) in [5.74, 6) is 0.504. The van der Waals surface area contributed by atoms with Gasteiger partial charge in [-0.25, -0.2) is 0 Å². The lowest BCUT2D eigenvalue weighted by Crippen LogP contribution is -2.25. The fraction of sp³-hybridized carbons (Fsp3) is 0.571. The standard InChI is InChI=1S/C14H22ClNS/c1-10(2)13(16-17-14(3,4)5)11-8-6-7-9-12(11)15/h6-10,13,16H,1-5H3. The van der Waals surface area contributed by atoms with Gasteiger partial charge < -0.3 is 0 Å². The van der Waals surface area contributed by atoms with Crippen LogP contribution in [0.4, 0.5) is 0 Å². The molecule has 0 bridgehead atoms. The molecule has 0 aliphatic heterocycles. The highest BCUT2D eigenvalue weighted by Crippen LogP contribution is 2.32. The molecule has 1 N–H and O–H groups in total. The third-order valence-electron chi connectivity index (χ3n) is 2.40. The molecule has 0 spiro atoms. The van der Waals surface area contributed by atoms with Gasteiger partial charge >= 0.3 is 0 Å². The Bertz CT molecular complexity index is 357. The van der Waals surface area contributed by atoms with E-state index in [1.54, 1.807) is 11.9 Å². The molecule has 0 amide bonds. The fourth-order valence-electron chi connectivity index (χ4n) is 1.53. The van der Waals surface area contributed by atoms with Crippen LogP contribution in [0.3, 0.4) is 0 Å². The van der Waals surface area contributed by atoms with Gasteiger partial charge in [0, 0.05) is 15.8 Å². The zero-order valence-corrected chi connectivity index (χ0v) is 12.8. The van der Waals surface area contributed by atoms with E-state index < -0.39 is 0 Å². The zero-order chi connectivity index (χ0) is 13.1. The van der Waals surface area contributed by atoms with Gasteiger partial charge in [-0.05, 0) is 38.3 Å². The van der Waals surface area contributed by atoms with Crippen LogP contribution in [0.5, 0.6) is 0 Å². The molecule has 0 heterocycles. The van der Waals surface area contributed by atoms with E-state index in [4.69, 9.17) is 11.6 Å². The second-order valence-corrected chi connectivity index (χ2v) is 7.65. The smallest absolute Gasteiger partial charge is 0.0459 e. The first-order valence-electron chi connectivity index (χ1n) is 5.99. The largest absolute Gasteiger partial charge is 0.256 e. The summed E-state index contributed by atoms with van der Waals surface area (Å²) in [5.41, 5.74) is 1.18. The van der Waals surface area contributed by atoms with Crippen LogP contribution in [-0.2, 0) is 0 Å². The van der Waals surface area contributed by atoms with Crippen molar-refractivity contribution in [2.45, 2.75) is 45.4 Å². The van der Waals surface area contributed by atoms with Crippen molar-refractivity contribution in [3.8, 4) is 0 Å². The minimum atomic E-state index is 0.203. The van der Waals surface area contributed by atoms with Gasteiger partial charge in [0.25, 0.3) is 0 Å². The second-order valence-electron chi connectivity index (χ2n) is 5.58. The Morgan fingerprint density at radius 2 is 1.76 bits per heavy atom. The number of rotatable bonds is 4. The normalized spacial score (nSPS) is 14.1. The van der Waals surface area contributed by atoms with Gasteiger partial charge in [0.1, 0.15) is 0 Å². The first-order chi connectivity index (χ1) is 7.81. The second kappa shape index (κ2) is 6.12. The van der Waals surface area contributed by atoms with Crippen molar-refractivity contribution in [1.29, 1.82) is 0 Å². The van der Waals surface area contributed by atoms with Crippen molar-refractivity contribution in [2.75, 3.05) is 0 Å². The quantitative estimate of drug-likeness (QED) is 0.767. The summed E-state index contributed by atoms with van der Waals surface area (Å²) < 4.78 is 3.75. The van der Waals surface area contributed by atoms with E-state index in [9.17, 15) is 0 Å². The first-order valence-corrected chi connectivity index (χ1v) is 7.18. The average molecular weight is 272 g/mol. The van der Waals surface area contributed by atoms with Gasteiger partial charge in [0.2, 0.25) is 0 Å². The van der Waals surface area contributed by atoms with Gasteiger partial charge in [0.05, 0.1) is 0 Å². The third kappa shape index (κ3) is 4.90. The van der Waals surface area contributed by atoms with Crippen molar-refractivity contribution in [2.24, 2.45) is 5.92 Å². The van der Waals surface area contributed by atoms with Crippen molar-refractivity contribution >= 4 is 23.5 Å². The minimum Gasteiger partial charge on any atom is -0.256 e. The molecule has 0 fully saturated rings. The zero-order valence-electron chi connectivity index (χ0n) is 11.3. The Morgan fingerprint density at radius 1 is 1.18 bits per heavy atom. The van der Waals surface area contributed by atoms with Crippen LogP contribution in [0.25, 0.3) is 0 Å². The van der Waals surface area contributed by atoms with Gasteiger partial charge in [-0.15, -0.1) is 0 Å². The van der Waals surface area contributed by atoms with E-state index in [0.29, 0.717) is 5.92 Å². The Balaban J connectivity index is 2.84. The molecule has 0 aliphatic carbocycles. The van der Waals surface area contributed by atoms with Crippen LogP contribution < -0.4 is 4.72 Å². The molecule has 0 saturated carbocycles. The Morgan fingerprint density at radius 3 is 2.24 bits per heavy atom. The van der Waals surface area contributed by atoms with Gasteiger partial charge in [-0.1, -0.05) is 55.6 Å². The van der Waals surface area contributed by atoms with Crippen molar-refractivity contribution < 1.29 is 0 Å². The summed E-state index contributed by atoms with van der Waals surface area (Å²) >= 11 is 8.03. The lowest BCUT2D eigenvalue weighted by Gasteiger charge is -2.27. The van der Waals surface area contributed by atoms with Crippen LogP contribution in [0.2, 0.25) is 5.02 Å². The van der Waals surface area contributed by atoms with E-state index in [0.717, 1.165) is 5.02 Å². The fourth-order valence-corrected chi connectivity index (χ4v) is 2.66. The number of hydrogen-bond acceptors (Lipinski definition) is 2. The molecule has 0 saturated heterocycles. The van der Waals surface area contributed by atoms with Crippen molar-refractivity contribution in [3.63, 3.8) is 0 Å². The maximum Gasteiger partial charge on any atom is 0.0459 e. The highest BCUT2D eigenvalue weighted by atomic mass is 35.5. The maximum atomic E-state index is 6.26. The van der Waals surface area contributed by atoms with Gasteiger partial charge in [0.15, 0.2) is 0 Å². The highest BCUT2D eigenvalue weighted by Gasteiger charge is 2.21. The molecule has 1 unspecified atom stereocenters. The van der Waals surface area contributed by atoms with Gasteiger partial charge in [-0.3, -0.25) is 4.72 Å². The van der Waals surface area contributed by atoms with E-state index in [-0.39, 0.29) is 10.8 Å². The number of halogens is 1. The lowest BCUT2D eigenvalue weighted by atomic mass is 9.97. The molecule has 0 aromatic heterocycles.